The van der Waals surface area contributed by atoms with Crippen LogP contribution in [0, 0.1) is 0 Å². The number of anilines is 2. The van der Waals surface area contributed by atoms with Crippen LogP contribution < -0.4 is 10.6 Å². The first kappa shape index (κ1) is 23.1. The number of rotatable bonds is 5. The molecule has 0 fully saturated rings. The van der Waals surface area contributed by atoms with Gasteiger partial charge in [0.25, 0.3) is 0 Å². The Hall–Kier alpha value is -2.18. The van der Waals surface area contributed by atoms with Crippen LogP contribution in [0.2, 0.25) is 0 Å². The predicted molar refractivity (Wildman–Crippen MR) is 90.6 cm³/mol. The number of allylic oxidation sites excluding steroid dienone is 1. The summed E-state index contributed by atoms with van der Waals surface area (Å²) >= 11 is 0. The van der Waals surface area contributed by atoms with Crippen LogP contribution in [0.5, 0.6) is 0 Å². The molecule has 1 heterocycles. The molecule has 164 valence electrons. The van der Waals surface area contributed by atoms with Crippen molar-refractivity contribution in [1.29, 1.82) is 0 Å². The van der Waals surface area contributed by atoms with E-state index in [2.05, 4.69) is 15.0 Å². The maximum Gasteiger partial charge on any atom is 0.408 e. The zero-order chi connectivity index (χ0) is 22.0. The van der Waals surface area contributed by atoms with Gasteiger partial charge in [0.2, 0.25) is 11.9 Å². The van der Waals surface area contributed by atoms with Crippen LogP contribution in [0.4, 0.5) is 42.6 Å². The molecule has 6 nitrogen and oxygen atoms in total. The zero-order valence-electron chi connectivity index (χ0n) is 15.5. The highest BCUT2D eigenvalue weighted by Gasteiger charge is 2.38. The van der Waals surface area contributed by atoms with Gasteiger partial charge in [0, 0.05) is 5.57 Å². The third kappa shape index (κ3) is 6.15. The van der Waals surface area contributed by atoms with Gasteiger partial charge in [-0.1, -0.05) is 6.42 Å². The van der Waals surface area contributed by atoms with Crippen LogP contribution in [-0.2, 0) is 0 Å². The van der Waals surface area contributed by atoms with E-state index < -0.39 is 54.1 Å². The standard InChI is InChI=1S/C16H20F7N5O/c1-7(15(18,19)20)24-13-26-12(9-5-3-4-6-10(29)11(9)17)27-14(28-13)25-8(2)16(21,22)23/h7-8,10,29H,3-6H2,1-2H3,(H2,24,25,26,27,28)/t7-,8-,10+/m1/s1. The lowest BCUT2D eigenvalue weighted by Crippen LogP contribution is -2.35. The molecule has 13 heteroatoms. The van der Waals surface area contributed by atoms with Crippen molar-refractivity contribution in [3.8, 4) is 0 Å². The lowest BCUT2D eigenvalue weighted by Gasteiger charge is -2.20. The largest absolute Gasteiger partial charge is 0.408 e. The van der Waals surface area contributed by atoms with Gasteiger partial charge in [-0.05, 0) is 33.1 Å². The molecular weight excluding hydrogens is 411 g/mol. The molecule has 1 aliphatic carbocycles. The van der Waals surface area contributed by atoms with Crippen LogP contribution in [-0.4, -0.2) is 50.6 Å². The van der Waals surface area contributed by atoms with E-state index in [9.17, 15) is 35.8 Å². The third-order valence-corrected chi connectivity index (χ3v) is 4.31. The van der Waals surface area contributed by atoms with Gasteiger partial charge in [-0.25, -0.2) is 4.39 Å². The number of nitrogens with one attached hydrogen (secondary N) is 2. The average molecular weight is 431 g/mol. The summed E-state index contributed by atoms with van der Waals surface area (Å²) in [5, 5.41) is 13.7. The van der Waals surface area contributed by atoms with Gasteiger partial charge in [-0.3, -0.25) is 0 Å². The molecule has 0 saturated carbocycles. The lowest BCUT2D eigenvalue weighted by atomic mass is 10.1. The fourth-order valence-electron chi connectivity index (χ4n) is 2.50. The molecule has 1 aromatic heterocycles. The van der Waals surface area contributed by atoms with E-state index in [1.807, 2.05) is 10.6 Å². The zero-order valence-corrected chi connectivity index (χ0v) is 15.5. The van der Waals surface area contributed by atoms with Crippen molar-refractivity contribution in [2.45, 2.75) is 70.1 Å². The fourth-order valence-corrected chi connectivity index (χ4v) is 2.50. The molecule has 0 saturated heterocycles. The Labute approximate surface area is 161 Å². The van der Waals surface area contributed by atoms with Crippen molar-refractivity contribution >= 4 is 17.5 Å². The van der Waals surface area contributed by atoms with Gasteiger partial charge in [0.1, 0.15) is 24.0 Å². The minimum absolute atomic E-state index is 0.0649. The highest BCUT2D eigenvalue weighted by Crippen LogP contribution is 2.32. The minimum atomic E-state index is -4.68. The van der Waals surface area contributed by atoms with Crippen LogP contribution in [0.25, 0.3) is 5.57 Å². The van der Waals surface area contributed by atoms with Gasteiger partial charge < -0.3 is 15.7 Å². The molecule has 0 amide bonds. The summed E-state index contributed by atoms with van der Waals surface area (Å²) in [6.07, 6.45) is -9.68. The summed E-state index contributed by atoms with van der Waals surface area (Å²) in [6.45, 7) is 1.54. The molecule has 0 unspecified atom stereocenters. The maximum absolute atomic E-state index is 14.5. The highest BCUT2D eigenvalue weighted by molar-refractivity contribution is 5.64. The van der Waals surface area contributed by atoms with E-state index in [1.54, 1.807) is 0 Å². The number of halogens is 7. The van der Waals surface area contributed by atoms with Crippen molar-refractivity contribution < 1.29 is 35.8 Å². The molecule has 3 atom stereocenters. The molecule has 0 spiro atoms. The Morgan fingerprint density at radius 2 is 1.38 bits per heavy atom. The second-order valence-electron chi connectivity index (χ2n) is 6.71. The first-order valence-corrected chi connectivity index (χ1v) is 8.78. The van der Waals surface area contributed by atoms with Crippen LogP contribution >= 0.6 is 0 Å². The van der Waals surface area contributed by atoms with Crippen molar-refractivity contribution in [2.75, 3.05) is 10.6 Å². The Kier molecular flexibility index (Phi) is 6.91. The van der Waals surface area contributed by atoms with Gasteiger partial charge in [0.05, 0.1) is 0 Å². The van der Waals surface area contributed by atoms with E-state index in [1.165, 1.54) is 0 Å². The number of aliphatic hydroxyl groups excluding tert-OH is 1. The van der Waals surface area contributed by atoms with Crippen molar-refractivity contribution in [2.24, 2.45) is 0 Å². The van der Waals surface area contributed by atoms with E-state index in [0.717, 1.165) is 13.8 Å². The normalized spacial score (nSPS) is 20.8. The van der Waals surface area contributed by atoms with Gasteiger partial charge in [-0.15, -0.1) is 0 Å². The molecule has 0 aliphatic heterocycles. The summed E-state index contributed by atoms with van der Waals surface area (Å²) in [4.78, 5) is 11.0. The van der Waals surface area contributed by atoms with Crippen molar-refractivity contribution in [3.05, 3.63) is 11.7 Å². The molecule has 2 rings (SSSR count). The number of aromatic nitrogens is 3. The Bertz CT molecular complexity index is 710. The number of hydrogen-bond acceptors (Lipinski definition) is 6. The predicted octanol–water partition coefficient (Wildman–Crippen LogP) is 4.21. The second-order valence-corrected chi connectivity index (χ2v) is 6.71. The molecule has 0 radical (unpaired) electrons. The van der Waals surface area contributed by atoms with Gasteiger partial charge >= 0.3 is 12.4 Å². The smallest absolute Gasteiger partial charge is 0.386 e. The molecule has 29 heavy (non-hydrogen) atoms. The molecule has 0 aromatic carbocycles. The fraction of sp³-hybridized carbons (Fsp3) is 0.688. The summed E-state index contributed by atoms with van der Waals surface area (Å²) in [5.74, 6) is -2.74. The summed E-state index contributed by atoms with van der Waals surface area (Å²) in [6, 6.07) is -4.24. The van der Waals surface area contributed by atoms with Crippen LogP contribution in [0.3, 0.4) is 0 Å². The topological polar surface area (TPSA) is 83.0 Å². The maximum atomic E-state index is 14.5. The van der Waals surface area contributed by atoms with Crippen LogP contribution in [0.15, 0.2) is 5.83 Å². The Balaban J connectivity index is 2.47. The SMILES string of the molecule is C[C@@H](Nc1nc(N[C@H](C)C(F)(F)F)nc(C2=C(F)[C@@H](O)CCCC2)n1)C(F)(F)F. The summed E-state index contributed by atoms with van der Waals surface area (Å²) in [5.41, 5.74) is -0.178. The van der Waals surface area contributed by atoms with E-state index in [0.29, 0.717) is 12.8 Å². The Morgan fingerprint density at radius 1 is 0.897 bits per heavy atom. The molecular formula is C16H20F7N5O. The monoisotopic (exact) mass is 431 g/mol. The van der Waals surface area contributed by atoms with Crippen molar-refractivity contribution in [1.82, 2.24) is 15.0 Å². The quantitative estimate of drug-likeness (QED) is 0.606. The third-order valence-electron chi connectivity index (χ3n) is 4.31. The number of nitrogens with zero attached hydrogens (tertiary/aromatic N) is 3. The van der Waals surface area contributed by atoms with Crippen molar-refractivity contribution in [3.63, 3.8) is 0 Å². The number of hydrogen-bond donors (Lipinski definition) is 3. The molecule has 1 aliphatic rings. The Morgan fingerprint density at radius 3 is 1.83 bits per heavy atom. The highest BCUT2D eigenvalue weighted by atomic mass is 19.4. The lowest BCUT2D eigenvalue weighted by molar-refractivity contribution is -0.139. The average Bonchev–Trinajstić information content (AvgIpc) is 2.74. The first-order chi connectivity index (χ1) is 13.3. The van der Waals surface area contributed by atoms with Gasteiger partial charge in [-0.2, -0.15) is 41.3 Å². The molecule has 3 N–H and O–H groups in total. The van der Waals surface area contributed by atoms with E-state index in [4.69, 9.17) is 0 Å². The number of alkyl halides is 6. The summed E-state index contributed by atoms with van der Waals surface area (Å²) in [7, 11) is 0. The molecule has 0 bridgehead atoms. The van der Waals surface area contributed by atoms with E-state index >= 15 is 0 Å². The molecule has 1 aromatic rings. The summed E-state index contributed by atoms with van der Waals surface area (Å²) < 4.78 is 91.4. The number of aliphatic hydroxyl groups is 1. The van der Waals surface area contributed by atoms with E-state index in [-0.39, 0.29) is 18.4 Å². The first-order valence-electron chi connectivity index (χ1n) is 8.78. The minimum Gasteiger partial charge on any atom is -0.386 e. The van der Waals surface area contributed by atoms with Crippen LogP contribution in [0.1, 0.15) is 45.4 Å². The second kappa shape index (κ2) is 8.67. The van der Waals surface area contributed by atoms with Gasteiger partial charge in [0.15, 0.2) is 5.82 Å².